The predicted octanol–water partition coefficient (Wildman–Crippen LogP) is 7.02. The lowest BCUT2D eigenvalue weighted by Crippen LogP contribution is -2.65. The maximum absolute atomic E-state index is 14.1. The second-order valence-corrected chi connectivity index (χ2v) is 15.2. The molecule has 1 aliphatic heterocycles. The smallest absolute Gasteiger partial charge is 0.404 e. The van der Waals surface area contributed by atoms with Crippen molar-refractivity contribution in [2.45, 2.75) is 117 Å². The van der Waals surface area contributed by atoms with Crippen LogP contribution in [0.1, 0.15) is 119 Å². The van der Waals surface area contributed by atoms with E-state index < -0.39 is 13.0 Å². The van der Waals surface area contributed by atoms with E-state index in [0.29, 0.717) is 35.4 Å². The van der Waals surface area contributed by atoms with Crippen LogP contribution in [0.5, 0.6) is 0 Å². The molecule has 1 aromatic carbocycles. The number of unbranched alkanes of at least 4 members (excludes halogenated alkanes) is 1. The summed E-state index contributed by atoms with van der Waals surface area (Å²) in [4.78, 5) is 40.7. The molecule has 1 saturated heterocycles. The molecule has 0 spiro atoms. The van der Waals surface area contributed by atoms with Crippen LogP contribution in [-0.4, -0.2) is 46.8 Å². The third-order valence-electron chi connectivity index (χ3n) is 11.2. The van der Waals surface area contributed by atoms with Crippen molar-refractivity contribution in [1.82, 2.24) is 9.88 Å². The number of carbonyl (C=O) groups is 3. The van der Waals surface area contributed by atoms with Crippen molar-refractivity contribution in [1.29, 1.82) is 0 Å². The van der Waals surface area contributed by atoms with Gasteiger partial charge < -0.3 is 19.2 Å². The SMILES string of the molecule is CCCCc1ccc(C(=O)C[C@@H](CCC(=O)c2cccn2C)C(=O)N[C@@H](CC(C)C)B2O[C@@H]3C[C@H]4C[C@H](C4(C)C)[C@]3(C)O2)cc1. The van der Waals surface area contributed by atoms with Crippen LogP contribution in [-0.2, 0) is 27.6 Å². The molecule has 1 amide bonds. The van der Waals surface area contributed by atoms with E-state index in [0.717, 1.165) is 32.1 Å². The average Bonchev–Trinajstić information content (AvgIpc) is 3.59. The molecule has 2 aromatic rings. The molecule has 45 heavy (non-hydrogen) atoms. The zero-order valence-corrected chi connectivity index (χ0v) is 28.4. The monoisotopic (exact) mass is 616 g/mol. The molecule has 0 unspecified atom stereocenters. The standard InChI is InChI=1S/C37H53BN2O5/c1-8-9-11-25-13-15-26(16-14-25)31(42)21-27(17-18-30(41)29-12-10-19-40(29)7)35(43)39-34(20-24(2)3)38-44-33-23-28-22-32(36(28,4)5)37(33,6)45-38/h10,12-16,19,24,27-28,32-34H,8-9,11,17-18,20-23H2,1-7H3,(H,39,43)/t27-,28-,32-,33-,34+,37+/m1/s1. The largest absolute Gasteiger partial charge is 0.481 e. The van der Waals surface area contributed by atoms with E-state index in [2.05, 4.69) is 46.9 Å². The lowest BCUT2D eigenvalue weighted by molar-refractivity contribution is -0.199. The van der Waals surface area contributed by atoms with Crippen molar-refractivity contribution >= 4 is 24.6 Å². The highest BCUT2D eigenvalue weighted by Crippen LogP contribution is 2.65. The van der Waals surface area contributed by atoms with Gasteiger partial charge >= 0.3 is 7.12 Å². The van der Waals surface area contributed by atoms with Crippen molar-refractivity contribution in [3.05, 3.63) is 59.4 Å². The predicted molar refractivity (Wildman–Crippen MR) is 178 cm³/mol. The molecule has 4 fully saturated rings. The molecule has 6 atom stereocenters. The molecule has 7 nitrogen and oxygen atoms in total. The second-order valence-electron chi connectivity index (χ2n) is 15.2. The van der Waals surface area contributed by atoms with Gasteiger partial charge in [0, 0.05) is 37.6 Å². The zero-order valence-electron chi connectivity index (χ0n) is 28.4. The van der Waals surface area contributed by atoms with E-state index in [-0.39, 0.29) is 59.8 Å². The van der Waals surface area contributed by atoms with Crippen LogP contribution in [0.3, 0.4) is 0 Å². The van der Waals surface area contributed by atoms with Crippen LogP contribution < -0.4 is 5.32 Å². The summed E-state index contributed by atoms with van der Waals surface area (Å²) in [6.45, 7) is 13.3. The summed E-state index contributed by atoms with van der Waals surface area (Å²) in [5.74, 6) is 0.0285. The molecular weight excluding hydrogens is 563 g/mol. The molecule has 1 N–H and O–H groups in total. The number of hydrogen-bond acceptors (Lipinski definition) is 5. The fraction of sp³-hybridized carbons (Fsp3) is 0.649. The minimum absolute atomic E-state index is 0.0198. The maximum Gasteiger partial charge on any atom is 0.481 e. The first-order valence-electron chi connectivity index (χ1n) is 17.2. The van der Waals surface area contributed by atoms with Crippen LogP contribution in [0.2, 0.25) is 0 Å². The number of hydrogen-bond donors (Lipinski definition) is 1. The summed E-state index contributed by atoms with van der Waals surface area (Å²) >= 11 is 0. The Labute approximate surface area is 270 Å². The molecule has 3 aliphatic carbocycles. The van der Waals surface area contributed by atoms with Gasteiger partial charge in [0.2, 0.25) is 5.91 Å². The van der Waals surface area contributed by atoms with Crippen LogP contribution in [0.15, 0.2) is 42.6 Å². The van der Waals surface area contributed by atoms with Gasteiger partial charge in [-0.25, -0.2) is 0 Å². The number of aromatic nitrogens is 1. The lowest BCUT2D eigenvalue weighted by Gasteiger charge is -2.64. The third-order valence-corrected chi connectivity index (χ3v) is 11.2. The topological polar surface area (TPSA) is 86.6 Å². The highest BCUT2D eigenvalue weighted by molar-refractivity contribution is 6.47. The molecule has 8 heteroatoms. The van der Waals surface area contributed by atoms with Gasteiger partial charge in [0.15, 0.2) is 11.6 Å². The fourth-order valence-corrected chi connectivity index (χ4v) is 8.21. The van der Waals surface area contributed by atoms with Crippen LogP contribution in [0.25, 0.3) is 0 Å². The van der Waals surface area contributed by atoms with Crippen molar-refractivity contribution in [3.8, 4) is 0 Å². The highest BCUT2D eigenvalue weighted by Gasteiger charge is 2.68. The molecule has 4 aliphatic rings. The molecule has 2 heterocycles. The van der Waals surface area contributed by atoms with Gasteiger partial charge in [-0.15, -0.1) is 0 Å². The summed E-state index contributed by atoms with van der Waals surface area (Å²) in [5.41, 5.74) is 2.26. The number of nitrogens with zero attached hydrogens (tertiary/aromatic N) is 1. The first-order valence-corrected chi connectivity index (χ1v) is 17.2. The Balaban J connectivity index is 1.31. The fourth-order valence-electron chi connectivity index (χ4n) is 8.21. The summed E-state index contributed by atoms with van der Waals surface area (Å²) in [5, 5.41) is 3.27. The van der Waals surface area contributed by atoms with Gasteiger partial charge in [0.05, 0.1) is 23.3 Å². The number of amides is 1. The van der Waals surface area contributed by atoms with Gasteiger partial charge in [-0.05, 0) is 86.3 Å². The number of nitrogens with one attached hydrogen (secondary N) is 1. The second kappa shape index (κ2) is 13.6. The van der Waals surface area contributed by atoms with Crippen molar-refractivity contribution in [2.24, 2.45) is 36.1 Å². The van der Waals surface area contributed by atoms with E-state index in [1.165, 1.54) is 5.56 Å². The number of carbonyl (C=O) groups excluding carboxylic acids is 3. The van der Waals surface area contributed by atoms with E-state index in [1.54, 1.807) is 10.6 Å². The van der Waals surface area contributed by atoms with Crippen molar-refractivity contribution in [3.63, 3.8) is 0 Å². The minimum atomic E-state index is -0.651. The number of aryl methyl sites for hydroxylation is 2. The Hall–Kier alpha value is -2.71. The van der Waals surface area contributed by atoms with Gasteiger partial charge in [-0.3, -0.25) is 14.4 Å². The molecule has 2 bridgehead atoms. The van der Waals surface area contributed by atoms with Crippen LogP contribution in [0, 0.1) is 29.1 Å². The summed E-state index contributed by atoms with van der Waals surface area (Å²) in [6.07, 6.45) is 8.42. The number of benzene rings is 1. The quantitative estimate of drug-likeness (QED) is 0.172. The zero-order chi connectivity index (χ0) is 32.5. The Morgan fingerprint density at radius 2 is 1.80 bits per heavy atom. The van der Waals surface area contributed by atoms with Crippen molar-refractivity contribution < 1.29 is 23.7 Å². The summed E-state index contributed by atoms with van der Waals surface area (Å²) in [6, 6.07) is 11.4. The van der Waals surface area contributed by atoms with E-state index >= 15 is 0 Å². The van der Waals surface area contributed by atoms with E-state index in [1.807, 2.05) is 43.6 Å². The summed E-state index contributed by atoms with van der Waals surface area (Å²) in [7, 11) is 1.30. The van der Waals surface area contributed by atoms with Gasteiger partial charge in [0.1, 0.15) is 0 Å². The van der Waals surface area contributed by atoms with Gasteiger partial charge in [0.25, 0.3) is 0 Å². The first-order chi connectivity index (χ1) is 21.3. The van der Waals surface area contributed by atoms with Gasteiger partial charge in [-0.1, -0.05) is 65.3 Å². The molecular formula is C37H53BN2O5. The Bertz CT molecular complexity index is 1370. The normalized spacial score (nSPS) is 26.2. The van der Waals surface area contributed by atoms with E-state index in [4.69, 9.17) is 9.31 Å². The van der Waals surface area contributed by atoms with Crippen LogP contribution in [0.4, 0.5) is 0 Å². The van der Waals surface area contributed by atoms with Crippen molar-refractivity contribution in [2.75, 3.05) is 0 Å². The Morgan fingerprint density at radius 3 is 2.42 bits per heavy atom. The Morgan fingerprint density at radius 1 is 1.07 bits per heavy atom. The van der Waals surface area contributed by atoms with Gasteiger partial charge in [-0.2, -0.15) is 0 Å². The average molecular weight is 617 g/mol. The van der Waals surface area contributed by atoms with E-state index in [9.17, 15) is 14.4 Å². The number of rotatable bonds is 15. The Kier molecular flexibility index (Phi) is 10.1. The summed E-state index contributed by atoms with van der Waals surface area (Å²) < 4.78 is 15.2. The highest BCUT2D eigenvalue weighted by atomic mass is 16.7. The molecule has 0 radical (unpaired) electrons. The molecule has 244 valence electrons. The minimum Gasteiger partial charge on any atom is -0.404 e. The number of Topliss-reactive ketones (excluding diaryl/α,β-unsaturated/α-hetero) is 2. The number of ketones is 2. The molecule has 1 aromatic heterocycles. The molecule has 3 saturated carbocycles. The molecule has 6 rings (SSSR count). The lowest BCUT2D eigenvalue weighted by atomic mass is 9.43. The first kappa shape index (κ1) is 33.7. The third kappa shape index (κ3) is 7.02. The van der Waals surface area contributed by atoms with Crippen LogP contribution >= 0.6 is 0 Å². The maximum atomic E-state index is 14.1.